The number of halogens is 1. The second kappa shape index (κ2) is 8.06. The van der Waals surface area contributed by atoms with Crippen molar-refractivity contribution >= 4 is 27.7 Å². The minimum atomic E-state index is 0.491. The zero-order valence-electron chi connectivity index (χ0n) is 14.5. The molecule has 0 bridgehead atoms. The first kappa shape index (κ1) is 17.9. The summed E-state index contributed by atoms with van der Waals surface area (Å²) in [5.41, 5.74) is 3.18. The summed E-state index contributed by atoms with van der Waals surface area (Å²) in [4.78, 5) is 4.53. The van der Waals surface area contributed by atoms with Gasteiger partial charge in [0.1, 0.15) is 0 Å². The van der Waals surface area contributed by atoms with Crippen LogP contribution in [0, 0.1) is 0 Å². The molecule has 0 spiro atoms. The maximum atomic E-state index is 5.75. The van der Waals surface area contributed by atoms with Gasteiger partial charge in [0.2, 0.25) is 16.9 Å². The first-order chi connectivity index (χ1) is 13.2. The van der Waals surface area contributed by atoms with Crippen LogP contribution in [-0.2, 0) is 12.2 Å². The average Bonchev–Trinajstić information content (AvgIpc) is 3.36. The van der Waals surface area contributed by atoms with Crippen LogP contribution < -0.4 is 0 Å². The topological polar surface area (TPSA) is 80.5 Å². The van der Waals surface area contributed by atoms with Crippen molar-refractivity contribution in [1.29, 1.82) is 0 Å². The van der Waals surface area contributed by atoms with E-state index in [9.17, 15) is 0 Å². The van der Waals surface area contributed by atoms with Gasteiger partial charge in [-0.15, -0.1) is 15.3 Å². The summed E-state index contributed by atoms with van der Waals surface area (Å²) in [6.07, 6.45) is 1.02. The zero-order valence-corrected chi connectivity index (χ0v) is 16.9. The summed E-state index contributed by atoms with van der Waals surface area (Å²) in [5.74, 6) is 2.28. The van der Waals surface area contributed by atoms with Crippen LogP contribution in [0.2, 0.25) is 0 Å². The Morgan fingerprint density at radius 1 is 1.07 bits per heavy atom. The second-order valence-corrected chi connectivity index (χ2v) is 7.58. The molecule has 0 aliphatic rings. The fraction of sp³-hybridized carbons (Fsp3) is 0.158. The lowest BCUT2D eigenvalue weighted by Gasteiger charge is -1.98. The van der Waals surface area contributed by atoms with Crippen molar-refractivity contribution in [2.75, 3.05) is 0 Å². The van der Waals surface area contributed by atoms with E-state index >= 15 is 0 Å². The Morgan fingerprint density at radius 3 is 2.67 bits per heavy atom. The first-order valence-electron chi connectivity index (χ1n) is 8.44. The minimum absolute atomic E-state index is 0.491. The highest BCUT2D eigenvalue weighted by Crippen LogP contribution is 2.28. The number of nitrogens with zero attached hydrogens (tertiary/aromatic N) is 4. The molecular weight excluding hydrogens is 426 g/mol. The third-order valence-corrected chi connectivity index (χ3v) is 5.52. The number of nitrogens with one attached hydrogen (secondary N) is 1. The molecule has 2 aromatic carbocycles. The van der Waals surface area contributed by atoms with E-state index in [4.69, 9.17) is 4.42 Å². The minimum Gasteiger partial charge on any atom is -0.420 e. The number of aryl methyl sites for hydroxylation is 1. The maximum absolute atomic E-state index is 5.75. The van der Waals surface area contributed by atoms with Gasteiger partial charge >= 0.3 is 0 Å². The highest BCUT2D eigenvalue weighted by Gasteiger charge is 2.13. The van der Waals surface area contributed by atoms with Crippen molar-refractivity contribution in [1.82, 2.24) is 25.4 Å². The van der Waals surface area contributed by atoms with Crippen molar-refractivity contribution in [3.05, 3.63) is 64.5 Å². The van der Waals surface area contributed by atoms with Crippen LogP contribution in [0.4, 0.5) is 0 Å². The molecule has 0 unspecified atom stereocenters. The van der Waals surface area contributed by atoms with Gasteiger partial charge in [-0.25, -0.2) is 4.98 Å². The van der Waals surface area contributed by atoms with Gasteiger partial charge in [0.25, 0.3) is 0 Å². The van der Waals surface area contributed by atoms with Gasteiger partial charge in [-0.2, -0.15) is 0 Å². The van der Waals surface area contributed by atoms with Crippen LogP contribution in [0.1, 0.15) is 18.4 Å². The number of hydrogen-bond acceptors (Lipinski definition) is 6. The average molecular weight is 442 g/mol. The smallest absolute Gasteiger partial charge is 0.248 e. The highest BCUT2D eigenvalue weighted by atomic mass is 79.9. The van der Waals surface area contributed by atoms with Crippen LogP contribution in [0.25, 0.3) is 22.8 Å². The Kier molecular flexibility index (Phi) is 5.35. The van der Waals surface area contributed by atoms with Crippen molar-refractivity contribution in [3.8, 4) is 22.8 Å². The van der Waals surface area contributed by atoms with Gasteiger partial charge in [0.15, 0.2) is 5.82 Å². The lowest BCUT2D eigenvalue weighted by molar-refractivity contribution is 0.528. The molecular formula is C19H16BrN5OS. The van der Waals surface area contributed by atoms with Gasteiger partial charge in [-0.05, 0) is 40.0 Å². The number of rotatable bonds is 6. The molecule has 136 valence electrons. The fourth-order valence-corrected chi connectivity index (χ4v) is 3.61. The molecule has 1 N–H and O–H groups in total. The molecule has 8 heteroatoms. The predicted octanol–water partition coefficient (Wildman–Crippen LogP) is 5.14. The highest BCUT2D eigenvalue weighted by molar-refractivity contribution is 9.10. The van der Waals surface area contributed by atoms with E-state index in [0.717, 1.165) is 27.8 Å². The molecule has 0 saturated carbocycles. The molecule has 2 aromatic heterocycles. The summed E-state index contributed by atoms with van der Waals surface area (Å²) in [6.45, 7) is 2.14. The lowest BCUT2D eigenvalue weighted by atomic mass is 10.1. The first-order valence-corrected chi connectivity index (χ1v) is 10.2. The van der Waals surface area contributed by atoms with Crippen LogP contribution in [-0.4, -0.2) is 25.4 Å². The second-order valence-electron chi connectivity index (χ2n) is 5.79. The molecule has 2 heterocycles. The summed E-state index contributed by atoms with van der Waals surface area (Å²) >= 11 is 4.94. The number of H-pyrrole nitrogens is 1. The van der Waals surface area contributed by atoms with E-state index in [1.807, 2.05) is 24.3 Å². The summed E-state index contributed by atoms with van der Waals surface area (Å²) in [6, 6.07) is 16.1. The number of aromatic nitrogens is 5. The monoisotopic (exact) mass is 441 g/mol. The quantitative estimate of drug-likeness (QED) is 0.417. The third kappa shape index (κ3) is 4.12. The third-order valence-electron chi connectivity index (χ3n) is 4.00. The van der Waals surface area contributed by atoms with E-state index < -0.39 is 0 Å². The summed E-state index contributed by atoms with van der Waals surface area (Å²) < 4.78 is 6.67. The van der Waals surface area contributed by atoms with Crippen LogP contribution in [0.3, 0.4) is 0 Å². The number of aromatic amines is 1. The van der Waals surface area contributed by atoms with Crippen molar-refractivity contribution in [3.63, 3.8) is 0 Å². The van der Waals surface area contributed by atoms with Gasteiger partial charge in [0, 0.05) is 10.0 Å². The van der Waals surface area contributed by atoms with Crippen molar-refractivity contribution < 1.29 is 4.42 Å². The van der Waals surface area contributed by atoms with Crippen molar-refractivity contribution in [2.24, 2.45) is 0 Å². The van der Waals surface area contributed by atoms with Gasteiger partial charge in [-0.1, -0.05) is 55.1 Å². The van der Waals surface area contributed by atoms with E-state index in [0.29, 0.717) is 22.7 Å². The largest absolute Gasteiger partial charge is 0.420 e. The predicted molar refractivity (Wildman–Crippen MR) is 108 cm³/mol. The van der Waals surface area contributed by atoms with E-state index in [1.165, 1.54) is 17.3 Å². The number of thioether (sulfide) groups is 1. The number of benzene rings is 2. The Morgan fingerprint density at radius 2 is 1.89 bits per heavy atom. The van der Waals surface area contributed by atoms with Gasteiger partial charge < -0.3 is 4.42 Å². The molecule has 27 heavy (non-hydrogen) atoms. The summed E-state index contributed by atoms with van der Waals surface area (Å²) in [5, 5.41) is 16.1. The molecule has 6 nitrogen and oxygen atoms in total. The molecule has 0 aliphatic heterocycles. The number of hydrogen-bond donors (Lipinski definition) is 1. The molecule has 0 radical (unpaired) electrons. The van der Waals surface area contributed by atoms with Crippen LogP contribution >= 0.6 is 27.7 Å². The van der Waals surface area contributed by atoms with Gasteiger partial charge in [-0.3, -0.25) is 5.10 Å². The molecule has 0 aliphatic carbocycles. The standard InChI is InChI=1S/C19H16BrN5OS/c1-2-12-7-9-13(10-8-12)17-21-19(25-23-17)27-11-16-22-24-18(26-16)14-5-3-4-6-15(14)20/h3-10H,2,11H2,1H3,(H,21,23,25). The van der Waals surface area contributed by atoms with Crippen LogP contribution in [0.15, 0.2) is 62.6 Å². The van der Waals surface area contributed by atoms with Crippen LogP contribution in [0.5, 0.6) is 0 Å². The molecule has 4 rings (SSSR count). The maximum Gasteiger partial charge on any atom is 0.248 e. The fourth-order valence-electron chi connectivity index (χ4n) is 2.52. The molecule has 4 aromatic rings. The molecule has 0 saturated heterocycles. The van der Waals surface area contributed by atoms with Gasteiger partial charge in [0.05, 0.1) is 11.3 Å². The van der Waals surface area contributed by atoms with E-state index in [2.05, 4.69) is 72.5 Å². The lowest BCUT2D eigenvalue weighted by Crippen LogP contribution is -1.84. The Hall–Kier alpha value is -2.45. The normalized spacial score (nSPS) is 11.0. The molecule has 0 atom stereocenters. The van der Waals surface area contributed by atoms with E-state index in [-0.39, 0.29) is 0 Å². The zero-order chi connectivity index (χ0) is 18.6. The summed E-state index contributed by atoms with van der Waals surface area (Å²) in [7, 11) is 0. The molecule has 0 fully saturated rings. The Balaban J connectivity index is 1.42. The molecule has 0 amide bonds. The Bertz CT molecular complexity index is 1040. The van der Waals surface area contributed by atoms with Crippen molar-refractivity contribution in [2.45, 2.75) is 24.3 Å². The Labute approximate surface area is 169 Å². The SMILES string of the molecule is CCc1ccc(-c2nc(SCc3nnc(-c4ccccc4Br)o3)n[nH]2)cc1. The van der Waals surface area contributed by atoms with E-state index in [1.54, 1.807) is 0 Å².